The summed E-state index contributed by atoms with van der Waals surface area (Å²) in [5.74, 6) is 0.886. The van der Waals surface area contributed by atoms with E-state index in [2.05, 4.69) is 25.4 Å². The third-order valence-electron chi connectivity index (χ3n) is 1.82. The van der Waals surface area contributed by atoms with Gasteiger partial charge in [0.2, 0.25) is 0 Å². The second-order valence-electron chi connectivity index (χ2n) is 3.41. The molecule has 0 amide bonds. The number of aliphatic imine (C=N–C) groups is 1. The number of hydrogen-bond acceptors (Lipinski definition) is 2. The van der Waals surface area contributed by atoms with Crippen molar-refractivity contribution < 1.29 is 4.74 Å². The summed E-state index contributed by atoms with van der Waals surface area (Å²) in [6, 6.07) is 0. The lowest BCUT2D eigenvalue weighted by atomic mass is 9.89. The smallest absolute Gasteiger partial charge is 0.189 e. The molecule has 0 radical (unpaired) electrons. The predicted molar refractivity (Wildman–Crippen MR) is 46.8 cm³/mol. The zero-order valence-corrected chi connectivity index (χ0v) is 7.26. The van der Waals surface area contributed by atoms with Crippen LogP contribution in [0.4, 0.5) is 0 Å². The molecule has 0 atom stereocenters. The summed E-state index contributed by atoms with van der Waals surface area (Å²) in [5, 5.41) is 0. The molecule has 1 aliphatic heterocycles. The zero-order chi connectivity index (χ0) is 8.32. The Morgan fingerprint density at radius 3 is 2.91 bits per heavy atom. The van der Waals surface area contributed by atoms with Crippen LogP contribution in [0, 0.1) is 5.41 Å². The molecule has 0 saturated carbocycles. The SMILES string of the molecule is C=CCC(C)(C)C1=NCCO1. The Kier molecular flexibility index (Phi) is 2.32. The molecule has 2 nitrogen and oxygen atoms in total. The van der Waals surface area contributed by atoms with Crippen LogP contribution in [0.1, 0.15) is 20.3 Å². The van der Waals surface area contributed by atoms with Crippen molar-refractivity contribution in [1.82, 2.24) is 0 Å². The summed E-state index contributed by atoms with van der Waals surface area (Å²) in [6.45, 7) is 9.52. The van der Waals surface area contributed by atoms with Crippen molar-refractivity contribution in [2.75, 3.05) is 13.2 Å². The van der Waals surface area contributed by atoms with Gasteiger partial charge in [0.1, 0.15) is 6.61 Å². The number of allylic oxidation sites excluding steroid dienone is 1. The van der Waals surface area contributed by atoms with E-state index in [0.717, 1.165) is 25.5 Å². The van der Waals surface area contributed by atoms with Gasteiger partial charge in [0, 0.05) is 5.41 Å². The molecule has 0 spiro atoms. The molecule has 0 unspecified atom stereocenters. The first-order valence-corrected chi connectivity index (χ1v) is 3.95. The summed E-state index contributed by atoms with van der Waals surface area (Å²) in [6.07, 6.45) is 2.83. The van der Waals surface area contributed by atoms with Gasteiger partial charge >= 0.3 is 0 Å². The van der Waals surface area contributed by atoms with Gasteiger partial charge in [-0.3, -0.25) is 4.99 Å². The molecular weight excluding hydrogens is 138 g/mol. The first-order chi connectivity index (χ1) is 5.17. The van der Waals surface area contributed by atoms with Crippen molar-refractivity contribution in [1.29, 1.82) is 0 Å². The van der Waals surface area contributed by atoms with Crippen LogP contribution in [0.25, 0.3) is 0 Å². The fraction of sp³-hybridized carbons (Fsp3) is 0.667. The summed E-state index contributed by atoms with van der Waals surface area (Å²) >= 11 is 0. The van der Waals surface area contributed by atoms with Crippen molar-refractivity contribution in [3.05, 3.63) is 12.7 Å². The minimum Gasteiger partial charge on any atom is -0.479 e. The van der Waals surface area contributed by atoms with Gasteiger partial charge in [-0.05, 0) is 6.42 Å². The number of rotatable bonds is 3. The maximum Gasteiger partial charge on any atom is 0.189 e. The van der Waals surface area contributed by atoms with E-state index in [4.69, 9.17) is 4.74 Å². The van der Waals surface area contributed by atoms with Crippen molar-refractivity contribution in [2.45, 2.75) is 20.3 Å². The van der Waals surface area contributed by atoms with Gasteiger partial charge in [-0.1, -0.05) is 19.9 Å². The van der Waals surface area contributed by atoms with E-state index in [9.17, 15) is 0 Å². The molecule has 0 N–H and O–H groups in total. The minimum absolute atomic E-state index is 0.0399. The molecule has 0 fully saturated rings. The monoisotopic (exact) mass is 153 g/mol. The van der Waals surface area contributed by atoms with E-state index in [1.54, 1.807) is 0 Å². The van der Waals surface area contributed by atoms with E-state index in [-0.39, 0.29) is 5.41 Å². The lowest BCUT2D eigenvalue weighted by molar-refractivity contribution is 0.294. The highest BCUT2D eigenvalue weighted by molar-refractivity contribution is 5.83. The van der Waals surface area contributed by atoms with Crippen molar-refractivity contribution in [3.63, 3.8) is 0 Å². The quantitative estimate of drug-likeness (QED) is 0.568. The topological polar surface area (TPSA) is 21.6 Å². The van der Waals surface area contributed by atoms with Crippen molar-refractivity contribution >= 4 is 5.90 Å². The molecule has 0 aromatic rings. The summed E-state index contributed by atoms with van der Waals surface area (Å²) < 4.78 is 5.37. The Labute approximate surface area is 68.0 Å². The van der Waals surface area contributed by atoms with Gasteiger partial charge in [-0.15, -0.1) is 6.58 Å². The van der Waals surface area contributed by atoms with Gasteiger partial charge < -0.3 is 4.74 Å². The van der Waals surface area contributed by atoms with E-state index < -0.39 is 0 Å². The molecular formula is C9H15NO. The Morgan fingerprint density at radius 2 is 2.45 bits per heavy atom. The Hall–Kier alpha value is -0.790. The highest BCUT2D eigenvalue weighted by Crippen LogP contribution is 2.25. The fourth-order valence-electron chi connectivity index (χ4n) is 1.19. The predicted octanol–water partition coefficient (Wildman–Crippen LogP) is 2.02. The average Bonchev–Trinajstić information content (AvgIpc) is 2.37. The highest BCUT2D eigenvalue weighted by Gasteiger charge is 2.27. The lowest BCUT2D eigenvalue weighted by Crippen LogP contribution is -2.23. The molecule has 2 heteroatoms. The zero-order valence-electron chi connectivity index (χ0n) is 7.26. The Bertz CT molecular complexity index is 182. The van der Waals surface area contributed by atoms with Crippen molar-refractivity contribution in [3.8, 4) is 0 Å². The van der Waals surface area contributed by atoms with E-state index in [0.29, 0.717) is 0 Å². The molecule has 0 bridgehead atoms. The summed E-state index contributed by atoms with van der Waals surface area (Å²) in [7, 11) is 0. The van der Waals surface area contributed by atoms with Gasteiger partial charge in [0.25, 0.3) is 0 Å². The van der Waals surface area contributed by atoms with Crippen LogP contribution >= 0.6 is 0 Å². The largest absolute Gasteiger partial charge is 0.479 e. The first-order valence-electron chi connectivity index (χ1n) is 3.95. The van der Waals surface area contributed by atoms with Gasteiger partial charge in [0.15, 0.2) is 5.90 Å². The molecule has 0 aliphatic carbocycles. The van der Waals surface area contributed by atoms with Crippen LogP contribution < -0.4 is 0 Å². The average molecular weight is 153 g/mol. The van der Waals surface area contributed by atoms with E-state index in [1.807, 2.05) is 6.08 Å². The fourth-order valence-corrected chi connectivity index (χ4v) is 1.19. The molecule has 1 rings (SSSR count). The number of hydrogen-bond donors (Lipinski definition) is 0. The van der Waals surface area contributed by atoms with Crippen LogP contribution in [0.15, 0.2) is 17.6 Å². The standard InChI is InChI=1S/C9H15NO/c1-4-5-9(2,3)8-10-6-7-11-8/h4H,1,5-7H2,2-3H3. The Balaban J connectivity index is 2.62. The number of ether oxygens (including phenoxy) is 1. The third kappa shape index (κ3) is 1.82. The second-order valence-corrected chi connectivity index (χ2v) is 3.41. The summed E-state index contributed by atoms with van der Waals surface area (Å²) in [5.41, 5.74) is 0.0399. The van der Waals surface area contributed by atoms with Crippen LogP contribution in [-0.2, 0) is 4.74 Å². The molecule has 0 aromatic carbocycles. The summed E-state index contributed by atoms with van der Waals surface area (Å²) in [4.78, 5) is 4.27. The van der Waals surface area contributed by atoms with Gasteiger partial charge in [0.05, 0.1) is 6.54 Å². The molecule has 11 heavy (non-hydrogen) atoms. The number of nitrogens with zero attached hydrogens (tertiary/aromatic N) is 1. The van der Waals surface area contributed by atoms with Crippen LogP contribution in [0.2, 0.25) is 0 Å². The third-order valence-corrected chi connectivity index (χ3v) is 1.82. The van der Waals surface area contributed by atoms with Gasteiger partial charge in [-0.25, -0.2) is 0 Å². The molecule has 0 aromatic heterocycles. The molecule has 1 heterocycles. The molecule has 62 valence electrons. The highest BCUT2D eigenvalue weighted by atomic mass is 16.5. The van der Waals surface area contributed by atoms with Gasteiger partial charge in [-0.2, -0.15) is 0 Å². The lowest BCUT2D eigenvalue weighted by Gasteiger charge is -2.21. The second kappa shape index (κ2) is 3.07. The molecule has 0 saturated heterocycles. The normalized spacial score (nSPS) is 17.5. The van der Waals surface area contributed by atoms with E-state index in [1.165, 1.54) is 0 Å². The maximum atomic E-state index is 5.37. The van der Waals surface area contributed by atoms with E-state index >= 15 is 0 Å². The van der Waals surface area contributed by atoms with Crippen molar-refractivity contribution in [2.24, 2.45) is 10.4 Å². The molecule has 1 aliphatic rings. The first kappa shape index (κ1) is 8.31. The minimum atomic E-state index is 0.0399. The van der Waals surface area contributed by atoms with Crippen LogP contribution in [-0.4, -0.2) is 19.0 Å². The van der Waals surface area contributed by atoms with Crippen LogP contribution in [0.5, 0.6) is 0 Å². The maximum absolute atomic E-state index is 5.37. The van der Waals surface area contributed by atoms with Crippen LogP contribution in [0.3, 0.4) is 0 Å². The Morgan fingerprint density at radius 1 is 1.73 bits per heavy atom.